The molecule has 134 valence electrons. The number of likely N-dealkylation sites (tertiary alicyclic amines) is 1. The minimum Gasteiger partial charge on any atom is -0.340 e. The quantitative estimate of drug-likeness (QED) is 0.814. The number of amides is 1. The third kappa shape index (κ3) is 5.21. The summed E-state index contributed by atoms with van der Waals surface area (Å²) in [5.41, 5.74) is 6.98. The highest BCUT2D eigenvalue weighted by Gasteiger charge is 2.29. The normalized spacial score (nSPS) is 18.3. The van der Waals surface area contributed by atoms with Gasteiger partial charge < -0.3 is 10.6 Å². The van der Waals surface area contributed by atoms with Gasteiger partial charge in [0, 0.05) is 24.0 Å². The molecule has 0 saturated carbocycles. The molecule has 0 aromatic heterocycles. The van der Waals surface area contributed by atoms with Gasteiger partial charge in [0.15, 0.2) is 0 Å². The van der Waals surface area contributed by atoms with Crippen LogP contribution in [0.5, 0.6) is 0 Å². The minimum atomic E-state index is -0.345. The summed E-state index contributed by atoms with van der Waals surface area (Å²) in [6.45, 7) is 1.35. The summed E-state index contributed by atoms with van der Waals surface area (Å²) in [4.78, 5) is 15.8. The van der Waals surface area contributed by atoms with Crippen molar-refractivity contribution < 1.29 is 9.18 Å². The number of thioether (sulfide) groups is 1. The molecule has 6 heteroatoms. The van der Waals surface area contributed by atoms with Crippen molar-refractivity contribution in [3.8, 4) is 0 Å². The van der Waals surface area contributed by atoms with E-state index in [9.17, 15) is 9.18 Å². The molecule has 1 aliphatic heterocycles. The molecule has 2 N–H and O–H groups in total. The van der Waals surface area contributed by atoms with Gasteiger partial charge in [-0.05, 0) is 42.7 Å². The zero-order chi connectivity index (χ0) is 16.9. The lowest BCUT2D eigenvalue weighted by molar-refractivity contribution is -0.131. The lowest BCUT2D eigenvalue weighted by Gasteiger charge is -2.33. The lowest BCUT2D eigenvalue weighted by atomic mass is 10.0. The number of nitrogens with zero attached hydrogens (tertiary/aromatic N) is 1. The smallest absolute Gasteiger partial charge is 0.240 e. The van der Waals surface area contributed by atoms with Gasteiger partial charge in [0.1, 0.15) is 11.1 Å². The Morgan fingerprint density at radius 1 is 1.16 bits per heavy atom. The molecule has 25 heavy (non-hydrogen) atoms. The van der Waals surface area contributed by atoms with Gasteiger partial charge in [0.05, 0.1) is 0 Å². The lowest BCUT2D eigenvalue weighted by Crippen LogP contribution is -2.47. The number of carbonyl (C=O) groups is 1. The number of benzene rings is 2. The summed E-state index contributed by atoms with van der Waals surface area (Å²) < 4.78 is 13.1. The van der Waals surface area contributed by atoms with Crippen LogP contribution < -0.4 is 5.73 Å². The van der Waals surface area contributed by atoms with E-state index in [2.05, 4.69) is 0 Å². The number of hydrogen-bond donors (Lipinski definition) is 1. The van der Waals surface area contributed by atoms with E-state index in [0.717, 1.165) is 29.8 Å². The second-order valence-corrected chi connectivity index (χ2v) is 7.23. The maximum Gasteiger partial charge on any atom is 0.240 e. The Morgan fingerprint density at radius 3 is 2.48 bits per heavy atom. The Labute approximate surface area is 158 Å². The molecule has 2 aromatic rings. The van der Waals surface area contributed by atoms with Gasteiger partial charge in [0.25, 0.3) is 0 Å². The number of carbonyl (C=O) groups excluding carboxylic acids is 1. The Morgan fingerprint density at radius 2 is 1.84 bits per heavy atom. The van der Waals surface area contributed by atoms with Gasteiger partial charge >= 0.3 is 0 Å². The number of rotatable bonds is 4. The molecule has 2 unspecified atom stereocenters. The summed E-state index contributed by atoms with van der Waals surface area (Å²) in [7, 11) is 0. The maximum atomic E-state index is 13.1. The van der Waals surface area contributed by atoms with Crippen LogP contribution in [-0.4, -0.2) is 29.9 Å². The molecule has 2 atom stereocenters. The molecular formula is C19H22ClFN2OS. The van der Waals surface area contributed by atoms with E-state index >= 15 is 0 Å². The Hall–Kier alpha value is -1.56. The zero-order valence-electron chi connectivity index (χ0n) is 13.8. The van der Waals surface area contributed by atoms with Crippen molar-refractivity contribution >= 4 is 30.1 Å². The molecule has 3 rings (SSSR count). The highest BCUT2D eigenvalue weighted by atomic mass is 35.5. The molecule has 1 fully saturated rings. The largest absolute Gasteiger partial charge is 0.340 e. The molecule has 0 radical (unpaired) electrons. The SMILES string of the molecule is Cl.NC1CCCN(C(=O)C(Sc2ccc(F)cc2)c2ccccc2)C1. The summed E-state index contributed by atoms with van der Waals surface area (Å²) in [5.74, 6) is -0.199. The topological polar surface area (TPSA) is 46.3 Å². The first-order chi connectivity index (χ1) is 11.6. The minimum absolute atomic E-state index is 0. The predicted molar refractivity (Wildman–Crippen MR) is 102 cm³/mol. The van der Waals surface area contributed by atoms with Crippen LogP contribution in [0.1, 0.15) is 23.7 Å². The highest BCUT2D eigenvalue weighted by Crippen LogP contribution is 2.37. The van der Waals surface area contributed by atoms with Crippen molar-refractivity contribution in [3.63, 3.8) is 0 Å². The van der Waals surface area contributed by atoms with Crippen molar-refractivity contribution in [2.75, 3.05) is 13.1 Å². The monoisotopic (exact) mass is 380 g/mol. The second-order valence-electron chi connectivity index (χ2n) is 6.05. The first kappa shape index (κ1) is 19.8. The molecule has 0 spiro atoms. The number of halogens is 2. The van der Waals surface area contributed by atoms with Crippen molar-refractivity contribution in [2.24, 2.45) is 5.73 Å². The van der Waals surface area contributed by atoms with E-state index in [1.165, 1.54) is 23.9 Å². The average Bonchev–Trinajstić information content (AvgIpc) is 2.61. The van der Waals surface area contributed by atoms with E-state index in [1.807, 2.05) is 35.2 Å². The van der Waals surface area contributed by atoms with Gasteiger partial charge in [-0.1, -0.05) is 30.3 Å². The summed E-state index contributed by atoms with van der Waals surface area (Å²) >= 11 is 1.45. The number of piperidine rings is 1. The molecule has 1 amide bonds. The Bertz CT molecular complexity index is 684. The van der Waals surface area contributed by atoms with Crippen LogP contribution in [0.2, 0.25) is 0 Å². The fourth-order valence-electron chi connectivity index (χ4n) is 2.91. The van der Waals surface area contributed by atoms with Gasteiger partial charge in [-0.25, -0.2) is 4.39 Å². The van der Waals surface area contributed by atoms with Crippen molar-refractivity contribution in [1.29, 1.82) is 0 Å². The number of nitrogens with two attached hydrogens (primary N) is 1. The number of hydrogen-bond acceptors (Lipinski definition) is 3. The molecule has 0 aliphatic carbocycles. The summed E-state index contributed by atoms with van der Waals surface area (Å²) in [6.07, 6.45) is 1.90. The molecule has 1 aliphatic rings. The highest BCUT2D eigenvalue weighted by molar-refractivity contribution is 8.00. The van der Waals surface area contributed by atoms with Crippen LogP contribution in [0.25, 0.3) is 0 Å². The molecule has 3 nitrogen and oxygen atoms in total. The van der Waals surface area contributed by atoms with E-state index in [-0.39, 0.29) is 35.4 Å². The molecule has 1 saturated heterocycles. The fraction of sp³-hybridized carbons (Fsp3) is 0.316. The van der Waals surface area contributed by atoms with Crippen LogP contribution in [0, 0.1) is 5.82 Å². The van der Waals surface area contributed by atoms with Gasteiger partial charge in [-0.2, -0.15) is 0 Å². The predicted octanol–water partition coefficient (Wildman–Crippen LogP) is 4.03. The third-order valence-electron chi connectivity index (χ3n) is 4.16. The Kier molecular flexibility index (Phi) is 7.29. The van der Waals surface area contributed by atoms with E-state index < -0.39 is 0 Å². The first-order valence-corrected chi connectivity index (χ1v) is 9.03. The van der Waals surface area contributed by atoms with Crippen LogP contribution in [-0.2, 0) is 4.79 Å². The van der Waals surface area contributed by atoms with E-state index in [0.29, 0.717) is 6.54 Å². The van der Waals surface area contributed by atoms with Crippen molar-refractivity contribution in [2.45, 2.75) is 29.0 Å². The maximum absolute atomic E-state index is 13.1. The van der Waals surface area contributed by atoms with Crippen molar-refractivity contribution in [1.82, 2.24) is 4.90 Å². The average molecular weight is 381 g/mol. The standard InChI is InChI=1S/C19H21FN2OS.ClH/c20-15-8-10-17(11-9-15)24-18(14-5-2-1-3-6-14)19(23)22-12-4-7-16(21)13-22;/h1-3,5-6,8-11,16,18H,4,7,12-13,21H2;1H. The van der Waals surface area contributed by atoms with Gasteiger partial charge in [-0.15, -0.1) is 24.2 Å². The van der Waals surface area contributed by atoms with Crippen LogP contribution in [0.3, 0.4) is 0 Å². The van der Waals surface area contributed by atoms with Gasteiger partial charge in [0.2, 0.25) is 5.91 Å². The molecule has 0 bridgehead atoms. The van der Waals surface area contributed by atoms with Crippen molar-refractivity contribution in [3.05, 3.63) is 66.0 Å². The van der Waals surface area contributed by atoms with Crippen LogP contribution in [0.4, 0.5) is 4.39 Å². The van der Waals surface area contributed by atoms with E-state index in [4.69, 9.17) is 5.73 Å². The fourth-order valence-corrected chi connectivity index (χ4v) is 4.02. The third-order valence-corrected chi connectivity index (χ3v) is 5.42. The molecule has 1 heterocycles. The van der Waals surface area contributed by atoms with Crippen LogP contribution >= 0.6 is 24.2 Å². The van der Waals surface area contributed by atoms with Gasteiger partial charge in [-0.3, -0.25) is 4.79 Å². The molecular weight excluding hydrogens is 359 g/mol. The summed E-state index contributed by atoms with van der Waals surface area (Å²) in [5, 5.41) is -0.345. The summed E-state index contributed by atoms with van der Waals surface area (Å²) in [6, 6.07) is 16.0. The zero-order valence-corrected chi connectivity index (χ0v) is 15.4. The molecule has 2 aromatic carbocycles. The van der Waals surface area contributed by atoms with E-state index in [1.54, 1.807) is 12.1 Å². The first-order valence-electron chi connectivity index (χ1n) is 8.15. The Balaban J connectivity index is 0.00000225. The van der Waals surface area contributed by atoms with Crippen LogP contribution in [0.15, 0.2) is 59.5 Å². The second kappa shape index (κ2) is 9.22.